The SMILES string of the molecule is O=C(c1ccccc1)c1ccc(NS(=O)(=O)c2ccc(C3CCCCC3)cc2)cc1. The van der Waals surface area contributed by atoms with Crippen molar-refractivity contribution in [1.29, 1.82) is 0 Å². The molecule has 0 bridgehead atoms. The zero-order valence-electron chi connectivity index (χ0n) is 16.8. The zero-order chi connectivity index (χ0) is 21.0. The molecule has 0 aromatic heterocycles. The molecule has 0 spiro atoms. The van der Waals surface area contributed by atoms with Crippen molar-refractivity contribution in [2.75, 3.05) is 4.72 Å². The molecule has 3 aromatic carbocycles. The second-order valence-electron chi connectivity index (χ2n) is 7.78. The highest BCUT2D eigenvalue weighted by atomic mass is 32.2. The average Bonchev–Trinajstić information content (AvgIpc) is 2.80. The van der Waals surface area contributed by atoms with E-state index in [0.717, 1.165) is 0 Å². The molecule has 1 N–H and O–H groups in total. The third-order valence-corrected chi connectivity index (χ3v) is 7.10. The number of hydrogen-bond acceptors (Lipinski definition) is 3. The normalized spacial score (nSPS) is 14.9. The first kappa shape index (κ1) is 20.4. The second kappa shape index (κ2) is 8.84. The molecule has 30 heavy (non-hydrogen) atoms. The van der Waals surface area contributed by atoms with Crippen LogP contribution in [-0.4, -0.2) is 14.2 Å². The molecule has 0 heterocycles. The minimum atomic E-state index is -3.68. The van der Waals surface area contributed by atoms with Crippen LogP contribution in [0.25, 0.3) is 0 Å². The van der Waals surface area contributed by atoms with Crippen LogP contribution in [0.2, 0.25) is 0 Å². The monoisotopic (exact) mass is 419 g/mol. The van der Waals surface area contributed by atoms with Gasteiger partial charge >= 0.3 is 0 Å². The molecule has 5 heteroatoms. The lowest BCUT2D eigenvalue weighted by Crippen LogP contribution is -2.13. The predicted octanol–water partition coefficient (Wildman–Crippen LogP) is 5.77. The molecular formula is C25H25NO3S. The number of hydrogen-bond donors (Lipinski definition) is 1. The van der Waals surface area contributed by atoms with Crippen LogP contribution in [0.4, 0.5) is 5.69 Å². The Kier molecular flexibility index (Phi) is 6.00. The maximum Gasteiger partial charge on any atom is 0.261 e. The number of rotatable bonds is 6. The highest BCUT2D eigenvalue weighted by Crippen LogP contribution is 2.33. The van der Waals surface area contributed by atoms with Crippen molar-refractivity contribution in [2.24, 2.45) is 0 Å². The van der Waals surface area contributed by atoms with E-state index in [-0.39, 0.29) is 10.7 Å². The van der Waals surface area contributed by atoms with Crippen molar-refractivity contribution in [3.63, 3.8) is 0 Å². The molecule has 0 atom stereocenters. The van der Waals surface area contributed by atoms with E-state index in [1.54, 1.807) is 48.5 Å². The fraction of sp³-hybridized carbons (Fsp3) is 0.240. The van der Waals surface area contributed by atoms with Gasteiger partial charge in [0.25, 0.3) is 10.0 Å². The van der Waals surface area contributed by atoms with Gasteiger partial charge in [0.1, 0.15) is 0 Å². The van der Waals surface area contributed by atoms with Crippen molar-refractivity contribution in [1.82, 2.24) is 0 Å². The lowest BCUT2D eigenvalue weighted by molar-refractivity contribution is 0.103. The van der Waals surface area contributed by atoms with Crippen LogP contribution in [0.15, 0.2) is 83.8 Å². The van der Waals surface area contributed by atoms with Gasteiger partial charge in [-0.05, 0) is 60.7 Å². The van der Waals surface area contributed by atoms with Gasteiger partial charge in [0.2, 0.25) is 0 Å². The van der Waals surface area contributed by atoms with Crippen molar-refractivity contribution >= 4 is 21.5 Å². The van der Waals surface area contributed by atoms with E-state index in [4.69, 9.17) is 0 Å². The van der Waals surface area contributed by atoms with Gasteiger partial charge in [0.05, 0.1) is 4.90 Å². The molecule has 0 radical (unpaired) electrons. The third kappa shape index (κ3) is 4.62. The van der Waals surface area contributed by atoms with Crippen molar-refractivity contribution in [3.8, 4) is 0 Å². The maximum absolute atomic E-state index is 12.8. The van der Waals surface area contributed by atoms with Gasteiger partial charge in [-0.1, -0.05) is 61.7 Å². The summed E-state index contributed by atoms with van der Waals surface area (Å²) < 4.78 is 28.1. The first-order valence-electron chi connectivity index (χ1n) is 10.4. The van der Waals surface area contributed by atoms with E-state index in [9.17, 15) is 13.2 Å². The lowest BCUT2D eigenvalue weighted by atomic mass is 9.84. The quantitative estimate of drug-likeness (QED) is 0.516. The Hall–Kier alpha value is -2.92. The highest BCUT2D eigenvalue weighted by Gasteiger charge is 2.18. The molecule has 1 aliphatic rings. The predicted molar refractivity (Wildman–Crippen MR) is 119 cm³/mol. The Morgan fingerprint density at radius 1 is 0.733 bits per heavy atom. The van der Waals surface area contributed by atoms with E-state index in [1.165, 1.54) is 37.7 Å². The van der Waals surface area contributed by atoms with Gasteiger partial charge < -0.3 is 0 Å². The summed E-state index contributed by atoms with van der Waals surface area (Å²) in [6, 6.07) is 22.7. The molecule has 0 unspecified atom stereocenters. The van der Waals surface area contributed by atoms with Crippen LogP contribution < -0.4 is 4.72 Å². The molecule has 3 aromatic rings. The number of benzene rings is 3. The number of nitrogens with one attached hydrogen (secondary N) is 1. The molecular weight excluding hydrogens is 394 g/mol. The average molecular weight is 420 g/mol. The molecule has 1 fully saturated rings. The van der Waals surface area contributed by atoms with Gasteiger partial charge in [-0.2, -0.15) is 0 Å². The molecule has 4 nitrogen and oxygen atoms in total. The van der Waals surface area contributed by atoms with Crippen LogP contribution >= 0.6 is 0 Å². The third-order valence-electron chi connectivity index (χ3n) is 5.70. The summed E-state index contributed by atoms with van der Waals surface area (Å²) in [5, 5.41) is 0. The van der Waals surface area contributed by atoms with Crippen LogP contribution in [0, 0.1) is 0 Å². The van der Waals surface area contributed by atoms with Gasteiger partial charge in [-0.3, -0.25) is 9.52 Å². The summed E-state index contributed by atoms with van der Waals surface area (Å²) >= 11 is 0. The fourth-order valence-corrected chi connectivity index (χ4v) is 5.07. The summed E-state index contributed by atoms with van der Waals surface area (Å²) in [6.07, 6.45) is 6.14. The number of carbonyl (C=O) groups excluding carboxylic acids is 1. The van der Waals surface area contributed by atoms with Crippen LogP contribution in [0.3, 0.4) is 0 Å². The molecule has 1 saturated carbocycles. The Labute approximate surface area is 178 Å². The molecule has 154 valence electrons. The summed E-state index contributed by atoms with van der Waals surface area (Å²) in [5.41, 5.74) is 2.76. The first-order valence-corrected chi connectivity index (χ1v) is 11.8. The minimum Gasteiger partial charge on any atom is -0.289 e. The summed E-state index contributed by atoms with van der Waals surface area (Å²) in [4.78, 5) is 12.7. The van der Waals surface area contributed by atoms with Gasteiger partial charge in [-0.15, -0.1) is 0 Å². The smallest absolute Gasteiger partial charge is 0.261 e. The van der Waals surface area contributed by atoms with E-state index >= 15 is 0 Å². The Morgan fingerprint density at radius 3 is 1.97 bits per heavy atom. The highest BCUT2D eigenvalue weighted by molar-refractivity contribution is 7.92. The molecule has 1 aliphatic carbocycles. The summed E-state index contributed by atoms with van der Waals surface area (Å²) in [5.74, 6) is 0.446. The van der Waals surface area contributed by atoms with Crippen molar-refractivity contribution in [3.05, 3.63) is 95.6 Å². The number of carbonyl (C=O) groups is 1. The van der Waals surface area contributed by atoms with E-state index < -0.39 is 10.0 Å². The fourth-order valence-electron chi connectivity index (χ4n) is 4.01. The molecule has 0 aliphatic heterocycles. The minimum absolute atomic E-state index is 0.0942. The summed E-state index contributed by atoms with van der Waals surface area (Å²) in [7, 11) is -3.68. The summed E-state index contributed by atoms with van der Waals surface area (Å²) in [6.45, 7) is 0. The maximum atomic E-state index is 12.8. The Balaban J connectivity index is 1.46. The van der Waals surface area contributed by atoms with Gasteiger partial charge in [-0.25, -0.2) is 8.42 Å². The number of ketones is 1. The van der Waals surface area contributed by atoms with Gasteiger partial charge in [0.15, 0.2) is 5.78 Å². The van der Waals surface area contributed by atoms with Crippen LogP contribution in [0.5, 0.6) is 0 Å². The topological polar surface area (TPSA) is 63.2 Å². The van der Waals surface area contributed by atoms with E-state index in [0.29, 0.717) is 22.7 Å². The zero-order valence-corrected chi connectivity index (χ0v) is 17.6. The van der Waals surface area contributed by atoms with Crippen molar-refractivity contribution in [2.45, 2.75) is 42.9 Å². The second-order valence-corrected chi connectivity index (χ2v) is 9.46. The van der Waals surface area contributed by atoms with E-state index in [2.05, 4.69) is 4.72 Å². The van der Waals surface area contributed by atoms with Crippen molar-refractivity contribution < 1.29 is 13.2 Å². The van der Waals surface area contributed by atoms with Gasteiger partial charge in [0, 0.05) is 16.8 Å². The van der Waals surface area contributed by atoms with E-state index in [1.807, 2.05) is 30.3 Å². The van der Waals surface area contributed by atoms with Crippen LogP contribution in [-0.2, 0) is 10.0 Å². The largest absolute Gasteiger partial charge is 0.289 e. The Bertz CT molecular complexity index is 1100. The Morgan fingerprint density at radius 2 is 1.33 bits per heavy atom. The molecule has 4 rings (SSSR count). The number of sulfonamides is 1. The first-order chi connectivity index (χ1) is 14.5. The van der Waals surface area contributed by atoms with Crippen LogP contribution in [0.1, 0.15) is 59.5 Å². The molecule has 0 saturated heterocycles. The number of anilines is 1. The standard InChI is InChI=1S/C25H25NO3S/c27-25(21-9-5-2-6-10-21)22-11-15-23(16-12-22)26-30(28,29)24-17-13-20(14-18-24)19-7-3-1-4-8-19/h2,5-6,9-19,26H,1,3-4,7-8H2. The molecule has 0 amide bonds. The lowest BCUT2D eigenvalue weighted by Gasteiger charge is -2.22.